The number of rotatable bonds is 8. The van der Waals surface area contributed by atoms with Crippen LogP contribution in [0.25, 0.3) is 0 Å². The smallest absolute Gasteiger partial charge is 0.212 e. The van der Waals surface area contributed by atoms with Gasteiger partial charge in [0, 0.05) is 89.0 Å². The molecule has 0 radical (unpaired) electrons. The number of hydrogen-bond acceptors (Lipinski definition) is 16. The molecule has 8 aromatic carbocycles. The molecule has 8 atom stereocenters. The molecule has 640 valence electrons. The summed E-state index contributed by atoms with van der Waals surface area (Å²) >= 11 is 0. The number of fused-ring (bicyclic) bond motifs is 8. The third-order valence-corrected chi connectivity index (χ3v) is 37.0. The standard InChI is InChI=1S/8C11H13OS.4BFO2/c8*1-2-13-7-9-5-3-4-6-10(9)11(12)8-13;4*2-1(3)4/h8*3-6H,2,7-8H2,1H3;;;;/q8*+1;4*-2. The molecule has 16 nitrogen and oxygen atoms in total. The van der Waals surface area contributed by atoms with Gasteiger partial charge in [0.1, 0.15) is 122 Å². The van der Waals surface area contributed by atoms with Crippen molar-refractivity contribution in [1.29, 1.82) is 0 Å². The topological polar surface area (TPSA) is 321 Å². The molecule has 32 heteroatoms. The molecular weight excluding hydrogens is 1690 g/mol. The minimum Gasteiger partial charge on any atom is -0.867 e. The molecule has 8 heterocycles. The second-order valence-corrected chi connectivity index (χ2v) is 46.3. The molecule has 0 amide bonds. The van der Waals surface area contributed by atoms with Gasteiger partial charge in [-0.3, -0.25) is 38.4 Å². The van der Waals surface area contributed by atoms with Crippen LogP contribution in [0.2, 0.25) is 0 Å². The van der Waals surface area contributed by atoms with E-state index >= 15 is 0 Å². The van der Waals surface area contributed by atoms with Gasteiger partial charge in [-0.2, -0.15) is 0 Å². The van der Waals surface area contributed by atoms with Crippen LogP contribution < -0.4 is 40.2 Å². The zero-order valence-corrected chi connectivity index (χ0v) is 75.6. The maximum Gasteiger partial charge on any atom is 0.212 e. The number of halogens is 4. The van der Waals surface area contributed by atoms with E-state index in [1.165, 1.54) is 44.5 Å². The van der Waals surface area contributed by atoms with Crippen LogP contribution in [0.3, 0.4) is 0 Å². The SMILES string of the molecule is CC[S+]1CC(=O)c2ccccc2C1.CC[S+]1CC(=O)c2ccccc2C1.CC[S+]1CC(=O)c2ccccc2C1.CC[S+]1CC(=O)c2ccccc2C1.CC[S+]1CC(=O)c2ccccc2C1.CC[S+]1CC(=O)c2ccccc2C1.CC[S+]1CC(=O)c2ccccc2C1.CC[S+]1CC(=O)c2ccccc2C1.[O-]B([O-])F.[O-]B([O-])F.[O-]B([O-])F.[O-]B([O-])F. The lowest BCUT2D eigenvalue weighted by Gasteiger charge is -2.15. The van der Waals surface area contributed by atoms with E-state index in [1.807, 2.05) is 146 Å². The van der Waals surface area contributed by atoms with E-state index in [-0.39, 0.29) is 0 Å². The van der Waals surface area contributed by atoms with Crippen LogP contribution in [-0.2, 0) is 133 Å². The van der Waals surface area contributed by atoms with Crippen molar-refractivity contribution in [2.24, 2.45) is 0 Å². The third-order valence-electron chi connectivity index (χ3n) is 19.4. The van der Waals surface area contributed by atoms with Gasteiger partial charge in [0.2, 0.25) is 46.3 Å². The number of benzene rings is 8. The van der Waals surface area contributed by atoms with Crippen LogP contribution in [0.1, 0.15) is 183 Å². The molecule has 8 unspecified atom stereocenters. The molecule has 0 saturated carbocycles. The van der Waals surface area contributed by atoms with Crippen LogP contribution in [0, 0.1) is 0 Å². The molecule has 0 aromatic heterocycles. The average molecular weight is 1790 g/mol. The van der Waals surface area contributed by atoms with Crippen LogP contribution in [-0.4, -0.2) is 168 Å². The predicted octanol–water partition coefficient (Wildman–Crippen LogP) is 6.81. The van der Waals surface area contributed by atoms with E-state index in [0.29, 0.717) is 133 Å². The Morgan fingerprint density at radius 2 is 0.275 bits per heavy atom. The lowest BCUT2D eigenvalue weighted by Crippen LogP contribution is -2.39. The maximum atomic E-state index is 11.7. The van der Waals surface area contributed by atoms with E-state index in [9.17, 15) is 55.6 Å². The second kappa shape index (κ2) is 56.4. The van der Waals surface area contributed by atoms with Crippen molar-refractivity contribution in [3.8, 4) is 0 Å². The van der Waals surface area contributed by atoms with Crippen LogP contribution in [0.5, 0.6) is 0 Å². The molecule has 0 N–H and O–H groups in total. The highest BCUT2D eigenvalue weighted by Gasteiger charge is 2.37. The minimum absolute atomic E-state index is 0.307. The Bertz CT molecular complexity index is 3730. The van der Waals surface area contributed by atoms with Crippen molar-refractivity contribution in [1.82, 2.24) is 0 Å². The zero-order valence-electron chi connectivity index (χ0n) is 69.1. The van der Waals surface area contributed by atoms with Crippen molar-refractivity contribution >= 4 is 163 Å². The molecule has 8 aromatic rings. The van der Waals surface area contributed by atoms with E-state index in [4.69, 9.17) is 40.2 Å². The fraction of sp³-hybridized carbons (Fsp3) is 0.364. The molecule has 0 bridgehead atoms. The molecule has 120 heavy (non-hydrogen) atoms. The van der Waals surface area contributed by atoms with E-state index in [1.54, 1.807) is 0 Å². The van der Waals surface area contributed by atoms with Crippen LogP contribution in [0.15, 0.2) is 194 Å². The molecule has 16 rings (SSSR count). The van der Waals surface area contributed by atoms with Gasteiger partial charge in [-0.25, -0.2) is 0 Å². The highest BCUT2D eigenvalue weighted by atomic mass is 32.2. The predicted molar refractivity (Wildman–Crippen MR) is 485 cm³/mol. The fourth-order valence-corrected chi connectivity index (χ4v) is 27.1. The summed E-state index contributed by atoms with van der Waals surface area (Å²) < 4.78 is 39.6. The van der Waals surface area contributed by atoms with Crippen molar-refractivity contribution in [3.05, 3.63) is 283 Å². The van der Waals surface area contributed by atoms with Gasteiger partial charge >= 0.3 is 0 Å². The molecule has 0 saturated heterocycles. The Morgan fingerprint density at radius 3 is 0.358 bits per heavy atom. The Morgan fingerprint density at radius 1 is 0.192 bits per heavy atom. The molecule has 0 spiro atoms. The fourth-order valence-electron chi connectivity index (χ4n) is 13.3. The van der Waals surface area contributed by atoms with E-state index in [0.717, 1.165) is 183 Å². The summed E-state index contributed by atoms with van der Waals surface area (Å²) in [7, 11) is -10.2. The quantitative estimate of drug-likeness (QED) is 0.0856. The molecule has 0 fully saturated rings. The van der Waals surface area contributed by atoms with E-state index < -0.39 is 29.6 Å². The lowest BCUT2D eigenvalue weighted by molar-refractivity contribution is -0.368. The van der Waals surface area contributed by atoms with Crippen molar-refractivity contribution in [3.63, 3.8) is 0 Å². The summed E-state index contributed by atoms with van der Waals surface area (Å²) in [5.74, 6) is 26.9. The van der Waals surface area contributed by atoms with Gasteiger partial charge in [-0.15, -0.1) is 0 Å². The van der Waals surface area contributed by atoms with Gasteiger partial charge in [0.25, 0.3) is 0 Å². The molecule has 8 aliphatic rings. The summed E-state index contributed by atoms with van der Waals surface area (Å²) in [6, 6.07) is 64.1. The number of carbonyl (C=O) groups excluding carboxylic acids is 8. The summed E-state index contributed by atoms with van der Waals surface area (Å²) in [4.78, 5) is 93.3. The van der Waals surface area contributed by atoms with Crippen LogP contribution in [0.4, 0.5) is 17.3 Å². The Labute approximate surface area is 729 Å². The first-order valence-electron chi connectivity index (χ1n) is 39.3. The first-order chi connectivity index (χ1) is 57.4. The average Bonchev–Trinajstić information content (AvgIpc) is 0.881. The maximum absolute atomic E-state index is 11.7. The Hall–Kier alpha value is -6.42. The normalized spacial score (nSPS) is 19.4. The van der Waals surface area contributed by atoms with Crippen molar-refractivity contribution < 1.29 is 95.8 Å². The van der Waals surface area contributed by atoms with Gasteiger partial charge in [-0.05, 0) is 143 Å². The van der Waals surface area contributed by atoms with Crippen molar-refractivity contribution in [2.75, 3.05) is 92.0 Å². The number of hydrogen-bond donors (Lipinski definition) is 0. The highest BCUT2D eigenvalue weighted by Crippen LogP contribution is 2.29. The summed E-state index contributed by atoms with van der Waals surface area (Å²) in [5, 5.41) is 66.4. The first-order valence-corrected chi connectivity index (χ1v) is 53.1. The Kier molecular flexibility index (Phi) is 49.0. The second-order valence-electron chi connectivity index (χ2n) is 27.3. The number of Topliss-reactive ketones (excluding diaryl/α,β-unsaturated/α-hetero) is 8. The van der Waals surface area contributed by atoms with Crippen molar-refractivity contribution in [2.45, 2.75) is 101 Å². The summed E-state index contributed by atoms with van der Waals surface area (Å²) in [5.41, 5.74) is 17.7. The third kappa shape index (κ3) is 36.4. The molecule has 0 aliphatic carbocycles. The first kappa shape index (κ1) is 104. The lowest BCUT2D eigenvalue weighted by atomic mass is 10.1. The van der Waals surface area contributed by atoms with Crippen LogP contribution >= 0.6 is 0 Å². The highest BCUT2D eigenvalue weighted by molar-refractivity contribution is 7.99. The monoisotopic (exact) mass is 1790 g/mol. The Balaban J connectivity index is 0.000000238. The zero-order chi connectivity index (χ0) is 88.4. The molecular formula is C88H104B4F4O16S8. The molecule has 8 aliphatic heterocycles. The summed E-state index contributed by atoms with van der Waals surface area (Å²) in [6.07, 6.45) is 0. The van der Waals surface area contributed by atoms with Gasteiger partial charge in [-0.1, -0.05) is 194 Å². The van der Waals surface area contributed by atoms with Gasteiger partial charge < -0.3 is 57.5 Å². The summed E-state index contributed by atoms with van der Waals surface area (Å²) in [6.45, 7) is 17.4. The number of carbonyl (C=O) groups is 8. The largest absolute Gasteiger partial charge is 0.867 e. The number of ketones is 8. The van der Waals surface area contributed by atoms with Gasteiger partial charge in [0.05, 0.1) is 0 Å². The van der Waals surface area contributed by atoms with E-state index in [2.05, 4.69) is 104 Å². The van der Waals surface area contributed by atoms with Gasteiger partial charge in [0.15, 0.2) is 46.0 Å². The minimum atomic E-state index is -3.17.